The van der Waals surface area contributed by atoms with Crippen LogP contribution in [0.4, 0.5) is 0 Å². The van der Waals surface area contributed by atoms with Crippen LogP contribution in [0.15, 0.2) is 11.3 Å². The van der Waals surface area contributed by atoms with Gasteiger partial charge in [0.15, 0.2) is 0 Å². The highest BCUT2D eigenvalue weighted by Crippen LogP contribution is 2.33. The van der Waals surface area contributed by atoms with Crippen LogP contribution >= 0.6 is 0 Å². The Balaban J connectivity index is 2.82. The van der Waals surface area contributed by atoms with Crippen molar-refractivity contribution in [2.45, 2.75) is 65.5 Å². The quantitative estimate of drug-likeness (QED) is 0.658. The summed E-state index contributed by atoms with van der Waals surface area (Å²) >= 11 is 0. The maximum Gasteiger partial charge on any atom is 0.0782 e. The Morgan fingerprint density at radius 1 is 1.33 bits per heavy atom. The van der Waals surface area contributed by atoms with Gasteiger partial charge in [0.05, 0.1) is 20.3 Å². The molecule has 88 valence electrons. The maximum atomic E-state index is 6.14. The minimum atomic E-state index is -1.18. The zero-order chi connectivity index (χ0) is 11.6. The molecule has 2 atom stereocenters. The molecule has 0 N–H and O–H groups in total. The first-order valence-electron chi connectivity index (χ1n) is 6.24. The predicted octanol–water partition coefficient (Wildman–Crippen LogP) is 4.01. The van der Waals surface area contributed by atoms with E-state index in [1.807, 2.05) is 0 Å². The largest absolute Gasteiger partial charge is 0.367 e. The van der Waals surface area contributed by atoms with Crippen LogP contribution in [-0.2, 0) is 4.74 Å². The molecule has 0 saturated carbocycles. The third-order valence-corrected chi connectivity index (χ3v) is 5.22. The van der Waals surface area contributed by atoms with Crippen molar-refractivity contribution in [1.82, 2.24) is 0 Å². The average Bonchev–Trinajstić information content (AvgIpc) is 2.48. The minimum absolute atomic E-state index is 0.393. The lowest BCUT2D eigenvalue weighted by atomic mass is 10.1. The van der Waals surface area contributed by atoms with E-state index in [0.717, 1.165) is 0 Å². The molecule has 15 heavy (non-hydrogen) atoms. The van der Waals surface area contributed by atoms with Crippen molar-refractivity contribution in [3.63, 3.8) is 0 Å². The van der Waals surface area contributed by atoms with Crippen LogP contribution in [0.1, 0.15) is 33.6 Å². The highest BCUT2D eigenvalue weighted by atomic mass is 28.3. The Kier molecular flexibility index (Phi) is 4.18. The van der Waals surface area contributed by atoms with E-state index in [1.165, 1.54) is 12.8 Å². The molecule has 0 radical (unpaired) electrons. The molecular weight excluding hydrogens is 200 g/mol. The molecule has 0 bridgehead atoms. The summed E-state index contributed by atoms with van der Waals surface area (Å²) in [6.07, 6.45) is 5.61. The second kappa shape index (κ2) is 4.83. The van der Waals surface area contributed by atoms with E-state index in [4.69, 9.17) is 4.74 Å². The molecule has 1 rings (SSSR count). The summed E-state index contributed by atoms with van der Waals surface area (Å²) < 4.78 is 6.14. The van der Waals surface area contributed by atoms with Crippen LogP contribution < -0.4 is 0 Å². The second-order valence-corrected chi connectivity index (χ2v) is 11.1. The van der Waals surface area contributed by atoms with Gasteiger partial charge < -0.3 is 4.74 Å². The first-order chi connectivity index (χ1) is 6.86. The molecule has 1 aliphatic rings. The lowest BCUT2D eigenvalue weighted by molar-refractivity contribution is 0.0285. The topological polar surface area (TPSA) is 9.23 Å². The monoisotopic (exact) mass is 226 g/mol. The van der Waals surface area contributed by atoms with Crippen LogP contribution in [-0.4, -0.2) is 20.3 Å². The van der Waals surface area contributed by atoms with Gasteiger partial charge in [-0.1, -0.05) is 58.1 Å². The molecular formula is C13H26OSi. The fourth-order valence-electron chi connectivity index (χ4n) is 2.22. The molecule has 0 amide bonds. The lowest BCUT2D eigenvalue weighted by Gasteiger charge is -2.27. The minimum Gasteiger partial charge on any atom is -0.367 e. The van der Waals surface area contributed by atoms with Crippen molar-refractivity contribution < 1.29 is 4.74 Å². The van der Waals surface area contributed by atoms with E-state index in [1.54, 1.807) is 5.20 Å². The zero-order valence-corrected chi connectivity index (χ0v) is 12.1. The number of rotatable bonds is 4. The van der Waals surface area contributed by atoms with Crippen LogP contribution in [0, 0.1) is 5.92 Å². The Bertz CT molecular complexity index is 237. The number of ether oxygens (including phenoxy) is 1. The Morgan fingerprint density at radius 2 is 1.93 bits per heavy atom. The number of hydrogen-bond donors (Lipinski definition) is 0. The molecule has 1 aliphatic heterocycles. The van der Waals surface area contributed by atoms with Crippen LogP contribution in [0.5, 0.6) is 0 Å². The van der Waals surface area contributed by atoms with Gasteiger partial charge in [0.2, 0.25) is 0 Å². The Hall–Kier alpha value is -0.0831. The van der Waals surface area contributed by atoms with Crippen LogP contribution in [0.25, 0.3) is 0 Å². The van der Waals surface area contributed by atoms with Gasteiger partial charge in [-0.15, -0.1) is 0 Å². The highest BCUT2D eigenvalue weighted by molar-refractivity contribution is 6.83. The Morgan fingerprint density at radius 3 is 2.27 bits per heavy atom. The summed E-state index contributed by atoms with van der Waals surface area (Å²) in [7, 11) is -1.18. The van der Waals surface area contributed by atoms with Crippen LogP contribution in [0.2, 0.25) is 19.6 Å². The van der Waals surface area contributed by atoms with E-state index in [0.29, 0.717) is 18.1 Å². The van der Waals surface area contributed by atoms with Gasteiger partial charge in [-0.05, 0) is 12.3 Å². The van der Waals surface area contributed by atoms with Gasteiger partial charge in [-0.2, -0.15) is 0 Å². The molecule has 2 heteroatoms. The summed E-state index contributed by atoms with van der Waals surface area (Å²) in [6, 6.07) is 0. The van der Waals surface area contributed by atoms with Crippen molar-refractivity contribution in [3.05, 3.63) is 11.3 Å². The molecule has 0 aromatic carbocycles. The first kappa shape index (κ1) is 13.0. The molecule has 0 aromatic heterocycles. The van der Waals surface area contributed by atoms with E-state index in [2.05, 4.69) is 46.5 Å². The standard InChI is InChI=1S/C13H26OSi/c1-7-8-11-9-12(15(4,5)6)13(14-11)10(2)3/h9-11,13H,7-8H2,1-6H3. The maximum absolute atomic E-state index is 6.14. The average molecular weight is 226 g/mol. The molecule has 0 fully saturated rings. The van der Waals surface area contributed by atoms with Crippen molar-refractivity contribution in [3.8, 4) is 0 Å². The van der Waals surface area contributed by atoms with Gasteiger partial charge in [-0.3, -0.25) is 0 Å². The van der Waals surface area contributed by atoms with Crippen molar-refractivity contribution >= 4 is 8.07 Å². The first-order valence-corrected chi connectivity index (χ1v) is 9.74. The smallest absolute Gasteiger partial charge is 0.0782 e. The van der Waals surface area contributed by atoms with Crippen molar-refractivity contribution in [1.29, 1.82) is 0 Å². The predicted molar refractivity (Wildman–Crippen MR) is 69.8 cm³/mol. The molecule has 2 unspecified atom stereocenters. The van der Waals surface area contributed by atoms with E-state index >= 15 is 0 Å². The zero-order valence-electron chi connectivity index (χ0n) is 11.1. The third kappa shape index (κ3) is 3.18. The van der Waals surface area contributed by atoms with Gasteiger partial charge in [0, 0.05) is 0 Å². The lowest BCUT2D eigenvalue weighted by Crippen LogP contribution is -2.33. The van der Waals surface area contributed by atoms with Gasteiger partial charge in [0.1, 0.15) is 0 Å². The fraction of sp³-hybridized carbons (Fsp3) is 0.846. The summed E-state index contributed by atoms with van der Waals surface area (Å²) in [4.78, 5) is 0. The van der Waals surface area contributed by atoms with Crippen molar-refractivity contribution in [2.75, 3.05) is 0 Å². The molecule has 0 saturated heterocycles. The SMILES string of the molecule is CCCC1C=C([Si](C)(C)C)C(C(C)C)O1. The summed E-state index contributed by atoms with van der Waals surface area (Å²) in [5, 5.41) is 1.64. The second-order valence-electron chi connectivity index (χ2n) is 6.00. The normalized spacial score (nSPS) is 27.3. The van der Waals surface area contributed by atoms with E-state index in [-0.39, 0.29) is 0 Å². The summed E-state index contributed by atoms with van der Waals surface area (Å²) in [5.74, 6) is 0.616. The Labute approximate surface area is 95.9 Å². The van der Waals surface area contributed by atoms with Gasteiger partial charge >= 0.3 is 0 Å². The van der Waals surface area contributed by atoms with Gasteiger partial charge in [0.25, 0.3) is 0 Å². The number of hydrogen-bond acceptors (Lipinski definition) is 1. The fourth-order valence-corrected chi connectivity index (χ4v) is 4.17. The van der Waals surface area contributed by atoms with E-state index in [9.17, 15) is 0 Å². The van der Waals surface area contributed by atoms with Crippen LogP contribution in [0.3, 0.4) is 0 Å². The molecule has 1 nitrogen and oxygen atoms in total. The molecule has 1 heterocycles. The summed E-state index contributed by atoms with van der Waals surface area (Å²) in [6.45, 7) is 14.0. The molecule has 0 aromatic rings. The molecule has 0 spiro atoms. The third-order valence-electron chi connectivity index (χ3n) is 3.04. The summed E-state index contributed by atoms with van der Waals surface area (Å²) in [5.41, 5.74) is 0. The van der Waals surface area contributed by atoms with Crippen molar-refractivity contribution in [2.24, 2.45) is 5.92 Å². The molecule has 0 aliphatic carbocycles. The highest BCUT2D eigenvalue weighted by Gasteiger charge is 2.35. The van der Waals surface area contributed by atoms with Gasteiger partial charge in [-0.25, -0.2) is 0 Å². The van der Waals surface area contributed by atoms with E-state index < -0.39 is 8.07 Å².